The van der Waals surface area contributed by atoms with Gasteiger partial charge < -0.3 is 9.80 Å². The number of anilines is 6. The van der Waals surface area contributed by atoms with Crippen LogP contribution in [0.3, 0.4) is 0 Å². The van der Waals surface area contributed by atoms with Gasteiger partial charge in [0.05, 0.1) is 0 Å². The van der Waals surface area contributed by atoms with Gasteiger partial charge in [0.1, 0.15) is 0 Å². The number of benzene rings is 8. The van der Waals surface area contributed by atoms with Crippen LogP contribution in [-0.2, 0) is 10.8 Å². The average Bonchev–Trinajstić information content (AvgIpc) is 4.08. The van der Waals surface area contributed by atoms with Gasteiger partial charge in [-0.15, -0.1) is 0 Å². The molecule has 0 saturated heterocycles. The van der Waals surface area contributed by atoms with Crippen LogP contribution >= 0.6 is 0 Å². The van der Waals surface area contributed by atoms with E-state index in [0.717, 1.165) is 36.1 Å². The van der Waals surface area contributed by atoms with Crippen molar-refractivity contribution in [2.75, 3.05) is 9.80 Å². The summed E-state index contributed by atoms with van der Waals surface area (Å²) in [5.74, 6) is 3.14. The molecule has 332 valence electrons. The summed E-state index contributed by atoms with van der Waals surface area (Å²) in [5, 5.41) is 0. The van der Waals surface area contributed by atoms with Crippen LogP contribution in [-0.4, -0.2) is 0 Å². The monoisotopic (exact) mass is 870 g/mol. The third-order valence-electron chi connectivity index (χ3n) is 16.7. The summed E-state index contributed by atoms with van der Waals surface area (Å²) in [6, 6.07) is 75.7. The van der Waals surface area contributed by atoms with Crippen LogP contribution in [0, 0.1) is 17.8 Å². The smallest absolute Gasteiger partial charge is 0.0465 e. The van der Waals surface area contributed by atoms with Gasteiger partial charge in [0.25, 0.3) is 0 Å². The molecule has 0 radical (unpaired) electrons. The van der Waals surface area contributed by atoms with Gasteiger partial charge in [-0.25, -0.2) is 0 Å². The predicted octanol–water partition coefficient (Wildman–Crippen LogP) is 18.0. The lowest BCUT2D eigenvalue weighted by molar-refractivity contribution is 0.272. The maximum Gasteiger partial charge on any atom is 0.0465 e. The second-order valence-corrected chi connectivity index (χ2v) is 21.0. The third-order valence-corrected chi connectivity index (χ3v) is 16.7. The molecule has 3 saturated carbocycles. The minimum atomic E-state index is -0.147. The van der Waals surface area contributed by atoms with Crippen LogP contribution in [0.5, 0.6) is 0 Å². The minimum absolute atomic E-state index is 0.0635. The quantitative estimate of drug-likeness (QED) is 0.135. The van der Waals surface area contributed by atoms with Crippen molar-refractivity contribution in [3.05, 3.63) is 228 Å². The number of rotatable bonds is 10. The Bertz CT molecular complexity index is 2970. The second-order valence-electron chi connectivity index (χ2n) is 21.0. The van der Waals surface area contributed by atoms with E-state index >= 15 is 0 Å². The lowest BCUT2D eigenvalue weighted by Crippen LogP contribution is -2.33. The molecular weight excluding hydrogens is 809 g/mol. The van der Waals surface area contributed by atoms with Gasteiger partial charge in [0.15, 0.2) is 0 Å². The summed E-state index contributed by atoms with van der Waals surface area (Å²) >= 11 is 0. The molecule has 0 N–H and O–H groups in total. The molecule has 12 rings (SSSR count). The highest BCUT2D eigenvalue weighted by molar-refractivity contribution is 5.94. The van der Waals surface area contributed by atoms with Gasteiger partial charge in [0.2, 0.25) is 0 Å². The first-order chi connectivity index (χ1) is 32.8. The number of hydrogen-bond acceptors (Lipinski definition) is 2. The van der Waals surface area contributed by atoms with E-state index in [9.17, 15) is 0 Å². The molecule has 8 aromatic rings. The van der Waals surface area contributed by atoms with Gasteiger partial charge in [-0.1, -0.05) is 167 Å². The summed E-state index contributed by atoms with van der Waals surface area (Å²) < 4.78 is 0. The molecule has 4 aliphatic rings. The zero-order chi connectivity index (χ0) is 45.1. The fraction of sp³-hybridized carbons (Fsp3) is 0.262. The molecule has 4 aliphatic carbocycles. The first kappa shape index (κ1) is 41.8. The first-order valence-corrected chi connectivity index (χ1v) is 25.2. The maximum atomic E-state index is 2.53. The van der Waals surface area contributed by atoms with Crippen LogP contribution in [0.4, 0.5) is 34.1 Å². The van der Waals surface area contributed by atoms with Crippen LogP contribution in [0.1, 0.15) is 106 Å². The number of hydrogen-bond donors (Lipinski definition) is 0. The Hall–Kier alpha value is -6.64. The molecule has 2 heteroatoms. The molecule has 0 aromatic heterocycles. The molecule has 8 aromatic carbocycles. The van der Waals surface area contributed by atoms with E-state index in [-0.39, 0.29) is 10.8 Å². The van der Waals surface area contributed by atoms with Crippen molar-refractivity contribution >= 4 is 34.1 Å². The van der Waals surface area contributed by atoms with Crippen LogP contribution in [0.15, 0.2) is 200 Å². The fourth-order valence-corrected chi connectivity index (χ4v) is 13.4. The van der Waals surface area contributed by atoms with Gasteiger partial charge in [-0.2, -0.15) is 0 Å². The van der Waals surface area contributed by atoms with Crippen LogP contribution in [0.25, 0.3) is 22.3 Å². The molecule has 3 fully saturated rings. The summed E-state index contributed by atoms with van der Waals surface area (Å²) in [6.45, 7) is 7.29. The summed E-state index contributed by atoms with van der Waals surface area (Å²) in [6.07, 6.45) is 10.4. The predicted molar refractivity (Wildman–Crippen MR) is 282 cm³/mol. The summed E-state index contributed by atoms with van der Waals surface area (Å²) in [4.78, 5) is 4.90. The van der Waals surface area contributed by atoms with Gasteiger partial charge in [0, 0.05) is 45.0 Å². The number of nitrogens with zero attached hydrogens (tertiary/aromatic N) is 2. The van der Waals surface area contributed by atoms with Crippen molar-refractivity contribution < 1.29 is 0 Å². The molecule has 5 atom stereocenters. The Morgan fingerprint density at radius 3 is 1.58 bits per heavy atom. The van der Waals surface area contributed by atoms with E-state index in [2.05, 4.69) is 231 Å². The Morgan fingerprint density at radius 2 is 1.01 bits per heavy atom. The Balaban J connectivity index is 0.934. The van der Waals surface area contributed by atoms with Crippen molar-refractivity contribution in [1.29, 1.82) is 0 Å². The van der Waals surface area contributed by atoms with Crippen molar-refractivity contribution in [1.82, 2.24) is 0 Å². The second kappa shape index (κ2) is 16.9. The molecular formula is C65H62N2. The van der Waals surface area contributed by atoms with Crippen molar-refractivity contribution in [2.45, 2.75) is 88.9 Å². The van der Waals surface area contributed by atoms with E-state index in [1.165, 1.54) is 111 Å². The van der Waals surface area contributed by atoms with Crippen molar-refractivity contribution in [3.8, 4) is 22.3 Å². The van der Waals surface area contributed by atoms with E-state index in [0.29, 0.717) is 11.8 Å². The van der Waals surface area contributed by atoms with E-state index < -0.39 is 0 Å². The molecule has 0 amide bonds. The normalized spacial score (nSPS) is 22.3. The molecule has 0 heterocycles. The fourth-order valence-electron chi connectivity index (χ4n) is 13.4. The summed E-state index contributed by atoms with van der Waals surface area (Å²) in [5.41, 5.74) is 19.4. The molecule has 2 nitrogen and oxygen atoms in total. The zero-order valence-corrected chi connectivity index (χ0v) is 39.4. The zero-order valence-electron chi connectivity index (χ0n) is 39.4. The Labute approximate surface area is 399 Å². The van der Waals surface area contributed by atoms with E-state index in [1.54, 1.807) is 0 Å². The van der Waals surface area contributed by atoms with Crippen molar-refractivity contribution in [3.63, 3.8) is 0 Å². The number of fused-ring (bicyclic) bond motifs is 5. The Kier molecular flexibility index (Phi) is 10.5. The number of para-hydroxylation sites is 2. The first-order valence-electron chi connectivity index (χ1n) is 25.2. The average molecular weight is 871 g/mol. The highest BCUT2D eigenvalue weighted by Crippen LogP contribution is 2.56. The largest absolute Gasteiger partial charge is 0.311 e. The molecule has 5 unspecified atom stereocenters. The molecule has 67 heavy (non-hydrogen) atoms. The lowest BCUT2D eigenvalue weighted by Gasteiger charge is -2.42. The topological polar surface area (TPSA) is 6.48 Å². The molecule has 2 bridgehead atoms. The van der Waals surface area contributed by atoms with E-state index in [1.807, 2.05) is 0 Å². The third kappa shape index (κ3) is 7.32. The SMILES string of the molecule is CC1CCCC(c2ccc(N(c3ccccc3)c3ccccc3)cc2)(c2ccc(N(c3ccc(C4CC5CCC4C5)cc3)c3ccc4c(c3)C(C)(C)c3cccc(-c5ccccc5)c3-4)cc2)C1. The van der Waals surface area contributed by atoms with E-state index in [4.69, 9.17) is 0 Å². The molecule has 0 spiro atoms. The lowest BCUT2D eigenvalue weighted by atomic mass is 9.62. The van der Waals surface area contributed by atoms with Crippen LogP contribution in [0.2, 0.25) is 0 Å². The van der Waals surface area contributed by atoms with Gasteiger partial charge in [-0.3, -0.25) is 0 Å². The maximum absolute atomic E-state index is 2.53. The summed E-state index contributed by atoms with van der Waals surface area (Å²) in [7, 11) is 0. The minimum Gasteiger partial charge on any atom is -0.311 e. The Morgan fingerprint density at radius 1 is 0.463 bits per heavy atom. The van der Waals surface area contributed by atoms with Gasteiger partial charge >= 0.3 is 0 Å². The highest BCUT2D eigenvalue weighted by Gasteiger charge is 2.41. The molecule has 0 aliphatic heterocycles. The highest BCUT2D eigenvalue weighted by atomic mass is 15.1. The van der Waals surface area contributed by atoms with Crippen LogP contribution < -0.4 is 9.80 Å². The van der Waals surface area contributed by atoms with Gasteiger partial charge in [-0.05, 0) is 179 Å². The van der Waals surface area contributed by atoms with Crippen molar-refractivity contribution in [2.24, 2.45) is 17.8 Å². The standard InChI is InChI=1S/C65H62N2/c1-45-15-14-40-65(44-45,50-28-34-55(35-29-50)66(52-18-9-5-10-19-52)53-20-11-6-12-21-53)51-30-36-56(37-31-51)67(54-32-26-48(27-33-54)60-42-46-24-25-49(60)41-46)57-38-39-59-62(43-57)64(2,3)61-23-13-22-58(63(59)61)47-16-7-4-8-17-47/h4-13,16-23,26-39,43,45-46,49,60H,14-15,24-25,40-42,44H2,1-3H3.